The lowest BCUT2D eigenvalue weighted by molar-refractivity contribution is -0.158. The van der Waals surface area contributed by atoms with Gasteiger partial charge >= 0.3 is 5.97 Å². The number of carbonyl (C=O) groups excluding carboxylic acids is 1. The van der Waals surface area contributed by atoms with E-state index in [4.69, 9.17) is 9.47 Å². The second kappa shape index (κ2) is 4.97. The van der Waals surface area contributed by atoms with Crippen molar-refractivity contribution in [2.75, 3.05) is 25.1 Å². The van der Waals surface area contributed by atoms with Gasteiger partial charge in [0.15, 0.2) is 6.10 Å². The van der Waals surface area contributed by atoms with Crippen LogP contribution in [-0.4, -0.2) is 47.7 Å². The highest BCUT2D eigenvalue weighted by molar-refractivity contribution is 7.09. The summed E-state index contributed by atoms with van der Waals surface area (Å²) in [5.41, 5.74) is 0. The van der Waals surface area contributed by atoms with Crippen LogP contribution in [0.15, 0.2) is 0 Å². The van der Waals surface area contributed by atoms with E-state index < -0.39 is 6.10 Å². The summed E-state index contributed by atoms with van der Waals surface area (Å²) in [6.07, 6.45) is -0.579. The first kappa shape index (κ1) is 12.3. The fourth-order valence-corrected chi connectivity index (χ4v) is 2.48. The molecular formula is C10H15N3O3S. The van der Waals surface area contributed by atoms with Gasteiger partial charge in [0.25, 0.3) is 0 Å². The number of rotatable bonds is 2. The van der Waals surface area contributed by atoms with Gasteiger partial charge in [0, 0.05) is 18.1 Å². The molecule has 0 N–H and O–H groups in total. The van der Waals surface area contributed by atoms with Crippen LogP contribution in [0.1, 0.15) is 12.7 Å². The molecule has 7 heteroatoms. The van der Waals surface area contributed by atoms with Crippen molar-refractivity contribution in [1.29, 1.82) is 0 Å². The number of carbonyl (C=O) groups is 1. The highest BCUT2D eigenvalue weighted by Gasteiger charge is 2.32. The van der Waals surface area contributed by atoms with Crippen molar-refractivity contribution in [2.45, 2.75) is 26.1 Å². The lowest BCUT2D eigenvalue weighted by Crippen LogP contribution is -2.50. The van der Waals surface area contributed by atoms with Crippen molar-refractivity contribution < 1.29 is 14.3 Å². The Balaban J connectivity index is 2.11. The molecule has 0 spiro atoms. The first-order valence-electron chi connectivity index (χ1n) is 5.38. The van der Waals surface area contributed by atoms with E-state index in [2.05, 4.69) is 9.36 Å². The van der Waals surface area contributed by atoms with Crippen LogP contribution in [0, 0.1) is 6.92 Å². The minimum absolute atomic E-state index is 0.0305. The van der Waals surface area contributed by atoms with Gasteiger partial charge in [-0.2, -0.15) is 4.37 Å². The number of ether oxygens (including phenoxy) is 2. The second-order valence-electron chi connectivity index (χ2n) is 3.99. The topological polar surface area (TPSA) is 64.5 Å². The molecule has 1 fully saturated rings. The maximum atomic E-state index is 11.5. The van der Waals surface area contributed by atoms with Crippen molar-refractivity contribution in [2.24, 2.45) is 0 Å². The maximum Gasteiger partial charge on any atom is 0.336 e. The van der Waals surface area contributed by atoms with E-state index in [1.807, 2.05) is 18.7 Å². The van der Waals surface area contributed by atoms with E-state index in [-0.39, 0.29) is 12.1 Å². The summed E-state index contributed by atoms with van der Waals surface area (Å²) in [6, 6.07) is 0. The highest BCUT2D eigenvalue weighted by Crippen LogP contribution is 2.22. The fraction of sp³-hybridized carbons (Fsp3) is 0.700. The van der Waals surface area contributed by atoms with Crippen LogP contribution in [0.25, 0.3) is 0 Å². The van der Waals surface area contributed by atoms with Crippen LogP contribution >= 0.6 is 11.5 Å². The van der Waals surface area contributed by atoms with E-state index in [1.54, 1.807) is 0 Å². The maximum absolute atomic E-state index is 11.5. The zero-order valence-corrected chi connectivity index (χ0v) is 10.9. The van der Waals surface area contributed by atoms with Crippen molar-refractivity contribution in [1.82, 2.24) is 9.36 Å². The standard InChI is InChI=1S/C10H15N3O3S/c1-6-4-13(10-11-7(2)12-17-10)5-8(16-6)9(14)15-3/h6,8H,4-5H2,1-3H3/t6-,8?/m1/s1. The van der Waals surface area contributed by atoms with Crippen LogP contribution in [0.5, 0.6) is 0 Å². The van der Waals surface area contributed by atoms with Gasteiger partial charge in [-0.1, -0.05) is 0 Å². The van der Waals surface area contributed by atoms with Gasteiger partial charge in [0.1, 0.15) is 5.82 Å². The molecule has 1 aromatic rings. The first-order valence-corrected chi connectivity index (χ1v) is 6.16. The van der Waals surface area contributed by atoms with Gasteiger partial charge in [-0.05, 0) is 13.8 Å². The molecule has 1 aromatic heterocycles. The Labute approximate surface area is 104 Å². The molecule has 6 nitrogen and oxygen atoms in total. The Bertz CT molecular complexity index is 409. The number of morpholine rings is 1. The number of aromatic nitrogens is 2. The van der Waals surface area contributed by atoms with Gasteiger partial charge in [0.2, 0.25) is 5.13 Å². The number of hydrogen-bond acceptors (Lipinski definition) is 7. The Morgan fingerprint density at radius 3 is 2.94 bits per heavy atom. The molecule has 0 aromatic carbocycles. The molecule has 0 aliphatic carbocycles. The average molecular weight is 257 g/mol. The van der Waals surface area contributed by atoms with Crippen LogP contribution in [0.2, 0.25) is 0 Å². The summed E-state index contributed by atoms with van der Waals surface area (Å²) < 4.78 is 14.4. The predicted octanol–water partition coefficient (Wildman–Crippen LogP) is 0.613. The Hall–Kier alpha value is -1.21. The Morgan fingerprint density at radius 1 is 1.59 bits per heavy atom. The van der Waals surface area contributed by atoms with Crippen molar-refractivity contribution in [3.63, 3.8) is 0 Å². The molecule has 1 saturated heterocycles. The lowest BCUT2D eigenvalue weighted by Gasteiger charge is -2.34. The normalized spacial score (nSPS) is 24.8. The SMILES string of the molecule is COC(=O)C1CN(c2nc(C)ns2)C[C@@H](C)O1. The van der Waals surface area contributed by atoms with Gasteiger partial charge < -0.3 is 14.4 Å². The van der Waals surface area contributed by atoms with E-state index >= 15 is 0 Å². The smallest absolute Gasteiger partial charge is 0.336 e. The highest BCUT2D eigenvalue weighted by atomic mass is 32.1. The number of nitrogens with zero attached hydrogens (tertiary/aromatic N) is 3. The van der Waals surface area contributed by atoms with E-state index in [9.17, 15) is 4.79 Å². The lowest BCUT2D eigenvalue weighted by atomic mass is 10.2. The summed E-state index contributed by atoms with van der Waals surface area (Å²) in [4.78, 5) is 17.8. The third-order valence-corrected chi connectivity index (χ3v) is 3.38. The third kappa shape index (κ3) is 2.73. The Morgan fingerprint density at radius 2 is 2.35 bits per heavy atom. The van der Waals surface area contributed by atoms with Crippen molar-refractivity contribution >= 4 is 22.6 Å². The summed E-state index contributed by atoms with van der Waals surface area (Å²) in [5, 5.41) is 0.826. The monoisotopic (exact) mass is 257 g/mol. The van der Waals surface area contributed by atoms with Gasteiger partial charge in [-0.25, -0.2) is 9.78 Å². The van der Waals surface area contributed by atoms with Crippen LogP contribution in [0.3, 0.4) is 0 Å². The summed E-state index contributed by atoms with van der Waals surface area (Å²) >= 11 is 1.34. The summed E-state index contributed by atoms with van der Waals surface area (Å²) in [7, 11) is 1.37. The molecule has 1 unspecified atom stereocenters. The minimum Gasteiger partial charge on any atom is -0.467 e. The molecule has 0 amide bonds. The van der Waals surface area contributed by atoms with Crippen molar-refractivity contribution in [3.8, 4) is 0 Å². The fourth-order valence-electron chi connectivity index (χ4n) is 1.78. The predicted molar refractivity (Wildman–Crippen MR) is 63.2 cm³/mol. The minimum atomic E-state index is -0.548. The molecular weight excluding hydrogens is 242 g/mol. The zero-order chi connectivity index (χ0) is 12.4. The largest absolute Gasteiger partial charge is 0.467 e. The van der Waals surface area contributed by atoms with E-state index in [0.717, 1.165) is 11.0 Å². The van der Waals surface area contributed by atoms with Crippen LogP contribution < -0.4 is 4.90 Å². The number of anilines is 1. The van der Waals surface area contributed by atoms with E-state index in [1.165, 1.54) is 18.6 Å². The quantitative estimate of drug-likeness (QED) is 0.723. The summed E-state index contributed by atoms with van der Waals surface area (Å²) in [6.45, 7) is 4.95. The third-order valence-electron chi connectivity index (χ3n) is 2.51. The van der Waals surface area contributed by atoms with Gasteiger partial charge in [0.05, 0.1) is 19.8 Å². The molecule has 1 aliphatic heterocycles. The molecule has 0 saturated carbocycles. The molecule has 1 aliphatic rings. The number of hydrogen-bond donors (Lipinski definition) is 0. The second-order valence-corrected chi connectivity index (χ2v) is 4.72. The molecule has 17 heavy (non-hydrogen) atoms. The zero-order valence-electron chi connectivity index (χ0n) is 10.0. The molecule has 0 radical (unpaired) electrons. The summed E-state index contributed by atoms with van der Waals surface area (Å²) in [5.74, 6) is 0.404. The van der Waals surface area contributed by atoms with Gasteiger partial charge in [-0.15, -0.1) is 0 Å². The first-order chi connectivity index (χ1) is 8.10. The number of esters is 1. The molecule has 0 bridgehead atoms. The molecule has 94 valence electrons. The van der Waals surface area contributed by atoms with Crippen LogP contribution in [-0.2, 0) is 14.3 Å². The van der Waals surface area contributed by atoms with Crippen molar-refractivity contribution in [3.05, 3.63) is 5.82 Å². The Kier molecular flexibility index (Phi) is 3.58. The molecule has 2 atom stereocenters. The van der Waals surface area contributed by atoms with Crippen LogP contribution in [0.4, 0.5) is 5.13 Å². The average Bonchev–Trinajstić information content (AvgIpc) is 2.74. The molecule has 2 heterocycles. The van der Waals surface area contributed by atoms with E-state index in [0.29, 0.717) is 13.1 Å². The molecule has 2 rings (SSSR count). The number of methoxy groups -OCH3 is 1. The number of aryl methyl sites for hydroxylation is 1. The van der Waals surface area contributed by atoms with Gasteiger partial charge in [-0.3, -0.25) is 0 Å².